The summed E-state index contributed by atoms with van der Waals surface area (Å²) in [4.78, 5) is 0. The molecule has 0 bridgehead atoms. The molecule has 0 saturated carbocycles. The van der Waals surface area contributed by atoms with Gasteiger partial charge in [0, 0.05) is 0 Å². The lowest BCUT2D eigenvalue weighted by atomic mass is 10.1. The van der Waals surface area contributed by atoms with Crippen LogP contribution in [0.5, 0.6) is 0 Å². The van der Waals surface area contributed by atoms with Crippen LogP contribution in [-0.2, 0) is 0 Å². The standard InChI is InChI=1S/C8H16.CH4/c1-7(2)5-6-8(3)4;/h5-8H,1-4H3;1H4/b6-5+;. The number of allylic oxidation sites excluding steroid dienone is 2. The summed E-state index contributed by atoms with van der Waals surface area (Å²) in [6.07, 6.45) is 4.48. The molecule has 0 aliphatic carbocycles. The largest absolute Gasteiger partial charge is 0.0857 e. The summed E-state index contributed by atoms with van der Waals surface area (Å²) in [5, 5.41) is 0. The van der Waals surface area contributed by atoms with E-state index in [0.717, 1.165) is 0 Å². The van der Waals surface area contributed by atoms with Crippen molar-refractivity contribution < 1.29 is 0 Å². The van der Waals surface area contributed by atoms with Gasteiger partial charge in [-0.1, -0.05) is 47.3 Å². The minimum Gasteiger partial charge on any atom is -0.0857 e. The molecule has 0 heterocycles. The fourth-order valence-corrected chi connectivity index (χ4v) is 0.444. The van der Waals surface area contributed by atoms with Crippen molar-refractivity contribution in [2.24, 2.45) is 11.8 Å². The highest BCUT2D eigenvalue weighted by molar-refractivity contribution is 4.86. The van der Waals surface area contributed by atoms with Crippen molar-refractivity contribution in [1.82, 2.24) is 0 Å². The first-order valence-electron chi connectivity index (χ1n) is 3.31. The molecule has 0 aliphatic heterocycles. The molecule has 0 nitrogen and oxygen atoms in total. The molecule has 0 saturated heterocycles. The zero-order valence-corrected chi connectivity index (χ0v) is 6.31. The van der Waals surface area contributed by atoms with Gasteiger partial charge >= 0.3 is 0 Å². The van der Waals surface area contributed by atoms with Crippen molar-refractivity contribution in [1.29, 1.82) is 0 Å². The fraction of sp³-hybridized carbons (Fsp3) is 0.778. The molecule has 0 heteroatoms. The van der Waals surface area contributed by atoms with E-state index in [1.807, 2.05) is 0 Å². The predicted molar refractivity (Wildman–Crippen MR) is 45.5 cm³/mol. The molecule has 0 aromatic heterocycles. The van der Waals surface area contributed by atoms with Crippen LogP contribution in [-0.4, -0.2) is 0 Å². The van der Waals surface area contributed by atoms with E-state index in [-0.39, 0.29) is 7.43 Å². The predicted octanol–water partition coefficient (Wildman–Crippen LogP) is 3.49. The minimum atomic E-state index is 0. The Kier molecular flexibility index (Phi) is 7.52. The molecule has 0 aromatic rings. The highest BCUT2D eigenvalue weighted by Gasteiger charge is 1.85. The van der Waals surface area contributed by atoms with E-state index in [1.54, 1.807) is 0 Å². The van der Waals surface area contributed by atoms with Crippen molar-refractivity contribution in [2.45, 2.75) is 35.1 Å². The van der Waals surface area contributed by atoms with Gasteiger partial charge in [0.2, 0.25) is 0 Å². The van der Waals surface area contributed by atoms with Gasteiger partial charge in [-0.05, 0) is 11.8 Å². The first kappa shape index (κ1) is 11.5. The molecule has 0 spiro atoms. The summed E-state index contributed by atoms with van der Waals surface area (Å²) in [6.45, 7) is 8.77. The van der Waals surface area contributed by atoms with E-state index in [0.29, 0.717) is 11.8 Å². The molecular formula is C9H20. The Morgan fingerprint density at radius 1 is 0.778 bits per heavy atom. The van der Waals surface area contributed by atoms with Gasteiger partial charge in [0.05, 0.1) is 0 Å². The van der Waals surface area contributed by atoms with Crippen molar-refractivity contribution in [3.05, 3.63) is 12.2 Å². The monoisotopic (exact) mass is 128 g/mol. The van der Waals surface area contributed by atoms with Crippen LogP contribution < -0.4 is 0 Å². The Labute approximate surface area is 60.0 Å². The van der Waals surface area contributed by atoms with E-state index >= 15 is 0 Å². The van der Waals surface area contributed by atoms with E-state index in [9.17, 15) is 0 Å². The molecule has 0 fully saturated rings. The van der Waals surface area contributed by atoms with Crippen molar-refractivity contribution in [3.8, 4) is 0 Å². The van der Waals surface area contributed by atoms with Crippen molar-refractivity contribution in [3.63, 3.8) is 0 Å². The molecule has 0 unspecified atom stereocenters. The van der Waals surface area contributed by atoms with Gasteiger partial charge in [0.15, 0.2) is 0 Å². The first-order chi connectivity index (χ1) is 3.63. The van der Waals surface area contributed by atoms with Crippen LogP contribution in [0.2, 0.25) is 0 Å². The summed E-state index contributed by atoms with van der Waals surface area (Å²) < 4.78 is 0. The summed E-state index contributed by atoms with van der Waals surface area (Å²) in [5.41, 5.74) is 0. The molecular weight excluding hydrogens is 108 g/mol. The lowest BCUT2D eigenvalue weighted by molar-refractivity contribution is 0.780. The number of hydrogen-bond donors (Lipinski definition) is 0. The van der Waals surface area contributed by atoms with Crippen LogP contribution >= 0.6 is 0 Å². The maximum atomic E-state index is 2.24. The maximum absolute atomic E-state index is 2.24. The summed E-state index contributed by atoms with van der Waals surface area (Å²) in [5.74, 6) is 1.41. The molecule has 0 aromatic carbocycles. The molecule has 0 amide bonds. The van der Waals surface area contributed by atoms with Crippen LogP contribution in [0.1, 0.15) is 35.1 Å². The van der Waals surface area contributed by atoms with Crippen LogP contribution in [0.25, 0.3) is 0 Å². The van der Waals surface area contributed by atoms with Gasteiger partial charge in [-0.25, -0.2) is 0 Å². The van der Waals surface area contributed by atoms with Crippen LogP contribution in [0.15, 0.2) is 12.2 Å². The third-order valence-corrected chi connectivity index (χ3v) is 0.881. The third kappa shape index (κ3) is 11.4. The SMILES string of the molecule is C.CC(C)/C=C/C(C)C. The van der Waals surface area contributed by atoms with Gasteiger partial charge < -0.3 is 0 Å². The Bertz CT molecular complexity index is 58.1. The van der Waals surface area contributed by atoms with Crippen molar-refractivity contribution >= 4 is 0 Å². The smallest absolute Gasteiger partial charge is 0.0290 e. The second kappa shape index (κ2) is 5.87. The quantitative estimate of drug-likeness (QED) is 0.499. The number of rotatable bonds is 2. The van der Waals surface area contributed by atoms with Gasteiger partial charge in [-0.2, -0.15) is 0 Å². The number of hydrogen-bond acceptors (Lipinski definition) is 0. The van der Waals surface area contributed by atoms with Crippen LogP contribution in [0.3, 0.4) is 0 Å². The van der Waals surface area contributed by atoms with Crippen molar-refractivity contribution in [2.75, 3.05) is 0 Å². The second-order valence-electron chi connectivity index (χ2n) is 2.87. The van der Waals surface area contributed by atoms with Gasteiger partial charge in [0.1, 0.15) is 0 Å². The Morgan fingerprint density at radius 3 is 1.11 bits per heavy atom. The Morgan fingerprint density at radius 2 is 1.00 bits per heavy atom. The molecule has 0 aliphatic rings. The minimum absolute atomic E-state index is 0. The Hall–Kier alpha value is -0.260. The van der Waals surface area contributed by atoms with E-state index < -0.39 is 0 Å². The first-order valence-corrected chi connectivity index (χ1v) is 3.31. The topological polar surface area (TPSA) is 0 Å². The van der Waals surface area contributed by atoms with E-state index in [4.69, 9.17) is 0 Å². The van der Waals surface area contributed by atoms with Crippen LogP contribution in [0.4, 0.5) is 0 Å². The van der Waals surface area contributed by atoms with Gasteiger partial charge in [-0.3, -0.25) is 0 Å². The van der Waals surface area contributed by atoms with E-state index in [2.05, 4.69) is 39.8 Å². The molecule has 0 radical (unpaired) electrons. The van der Waals surface area contributed by atoms with Gasteiger partial charge in [-0.15, -0.1) is 0 Å². The molecule has 56 valence electrons. The molecule has 9 heavy (non-hydrogen) atoms. The molecule has 0 atom stereocenters. The third-order valence-electron chi connectivity index (χ3n) is 0.881. The summed E-state index contributed by atoms with van der Waals surface area (Å²) in [7, 11) is 0. The molecule has 0 rings (SSSR count). The maximum Gasteiger partial charge on any atom is -0.0290 e. The zero-order chi connectivity index (χ0) is 6.57. The second-order valence-corrected chi connectivity index (χ2v) is 2.87. The summed E-state index contributed by atoms with van der Waals surface area (Å²) in [6, 6.07) is 0. The Balaban J connectivity index is 0. The average molecular weight is 128 g/mol. The lowest BCUT2D eigenvalue weighted by Crippen LogP contribution is -1.81. The zero-order valence-electron chi connectivity index (χ0n) is 6.31. The average Bonchev–Trinajstić information content (AvgIpc) is 1.61. The fourth-order valence-electron chi connectivity index (χ4n) is 0.444. The highest BCUT2D eigenvalue weighted by Crippen LogP contribution is 1.99. The van der Waals surface area contributed by atoms with Gasteiger partial charge in [0.25, 0.3) is 0 Å². The summed E-state index contributed by atoms with van der Waals surface area (Å²) >= 11 is 0. The lowest BCUT2D eigenvalue weighted by Gasteiger charge is -1.95. The molecule has 0 N–H and O–H groups in total. The normalized spacial score (nSPS) is 10.9. The van der Waals surface area contributed by atoms with E-state index in [1.165, 1.54) is 0 Å². The van der Waals surface area contributed by atoms with Crippen LogP contribution in [0, 0.1) is 11.8 Å². The highest BCUT2D eigenvalue weighted by atomic mass is 13.9.